The first-order valence-electron chi connectivity index (χ1n) is 5.09. The predicted molar refractivity (Wildman–Crippen MR) is 50.7 cm³/mol. The van der Waals surface area contributed by atoms with Crippen molar-refractivity contribution in [1.29, 1.82) is 0 Å². The van der Waals surface area contributed by atoms with Crippen molar-refractivity contribution in [2.24, 2.45) is 22.7 Å². The summed E-state index contributed by atoms with van der Waals surface area (Å²) >= 11 is 0. The molecule has 2 saturated carbocycles. The van der Waals surface area contributed by atoms with Crippen LogP contribution in [-0.2, 0) is 9.59 Å². The molecule has 0 spiro atoms. The van der Waals surface area contributed by atoms with Gasteiger partial charge in [-0.25, -0.2) is 0 Å². The monoisotopic (exact) mass is 196 g/mol. The largest absolute Gasteiger partial charge is 0.481 e. The number of aliphatic carboxylic acids is 1. The zero-order chi connectivity index (χ0) is 10.7. The van der Waals surface area contributed by atoms with Gasteiger partial charge in [-0.3, -0.25) is 9.59 Å². The minimum atomic E-state index is -0.934. The zero-order valence-electron chi connectivity index (χ0n) is 8.83. The lowest BCUT2D eigenvalue weighted by Crippen LogP contribution is -2.35. The Hall–Kier alpha value is -0.860. The molecule has 0 unspecified atom stereocenters. The van der Waals surface area contributed by atoms with Gasteiger partial charge < -0.3 is 5.11 Å². The minimum Gasteiger partial charge on any atom is -0.481 e. The number of ketones is 1. The van der Waals surface area contributed by atoms with Gasteiger partial charge in [0, 0.05) is 5.41 Å². The van der Waals surface area contributed by atoms with Crippen molar-refractivity contribution in [1.82, 2.24) is 0 Å². The van der Waals surface area contributed by atoms with Crippen LogP contribution >= 0.6 is 0 Å². The first-order chi connectivity index (χ1) is 6.32. The second-order valence-electron chi connectivity index (χ2n) is 5.38. The van der Waals surface area contributed by atoms with Crippen molar-refractivity contribution in [3.8, 4) is 0 Å². The average Bonchev–Trinajstić information content (AvgIpc) is 2.35. The van der Waals surface area contributed by atoms with Crippen LogP contribution in [0.2, 0.25) is 0 Å². The van der Waals surface area contributed by atoms with E-state index in [2.05, 4.69) is 0 Å². The van der Waals surface area contributed by atoms with E-state index in [0.29, 0.717) is 0 Å². The number of hydrogen-bond donors (Lipinski definition) is 1. The fourth-order valence-electron chi connectivity index (χ4n) is 3.37. The van der Waals surface area contributed by atoms with Crippen molar-refractivity contribution < 1.29 is 14.7 Å². The van der Waals surface area contributed by atoms with Crippen LogP contribution in [0, 0.1) is 22.7 Å². The zero-order valence-corrected chi connectivity index (χ0v) is 8.83. The van der Waals surface area contributed by atoms with Gasteiger partial charge in [0.05, 0.1) is 0 Å². The Balaban J connectivity index is 2.49. The number of carboxylic acid groups (broad SMARTS) is 1. The molecule has 1 N–H and O–H groups in total. The molecule has 78 valence electrons. The van der Waals surface area contributed by atoms with Gasteiger partial charge >= 0.3 is 5.97 Å². The number of Topliss-reactive ketones (excluding diaryl/α,β-unsaturated/α-hetero) is 1. The summed E-state index contributed by atoms with van der Waals surface area (Å²) in [5.41, 5.74) is -0.548. The topological polar surface area (TPSA) is 54.4 Å². The first-order valence-corrected chi connectivity index (χ1v) is 5.09. The third kappa shape index (κ3) is 0.787. The summed E-state index contributed by atoms with van der Waals surface area (Å²) in [6, 6.07) is 0. The van der Waals surface area contributed by atoms with Crippen molar-refractivity contribution in [2.75, 3.05) is 0 Å². The third-order valence-electron chi connectivity index (χ3n) is 4.80. The van der Waals surface area contributed by atoms with Crippen LogP contribution in [0.3, 0.4) is 0 Å². The summed E-state index contributed by atoms with van der Waals surface area (Å²) in [6.07, 6.45) is 1.74. The van der Waals surface area contributed by atoms with E-state index in [9.17, 15) is 9.59 Å². The molecule has 3 atom stereocenters. The molecular weight excluding hydrogens is 180 g/mol. The van der Waals surface area contributed by atoms with E-state index in [1.165, 1.54) is 0 Å². The second kappa shape index (κ2) is 2.38. The Morgan fingerprint density at radius 1 is 1.43 bits per heavy atom. The maximum absolute atomic E-state index is 12.0. The summed E-state index contributed by atoms with van der Waals surface area (Å²) in [5.74, 6) is -1.69. The Morgan fingerprint density at radius 2 is 2.00 bits per heavy atom. The van der Waals surface area contributed by atoms with Crippen LogP contribution in [-0.4, -0.2) is 16.9 Å². The highest BCUT2D eigenvalue weighted by Gasteiger charge is 2.68. The third-order valence-corrected chi connectivity index (χ3v) is 4.80. The van der Waals surface area contributed by atoms with Crippen molar-refractivity contribution in [3.05, 3.63) is 0 Å². The van der Waals surface area contributed by atoms with Crippen LogP contribution in [0.25, 0.3) is 0 Å². The molecular formula is C11H16O3. The standard InChI is InChI=1S/C11H16O3/c1-10(2)6-4-5-11(10,3)8(12)7(6)9(13)14/h6-7H,4-5H2,1-3H3,(H,13,14)/t6-,7+,11-/m0/s1. The number of carboxylic acids is 1. The summed E-state index contributed by atoms with van der Waals surface area (Å²) in [4.78, 5) is 23.0. The summed E-state index contributed by atoms with van der Waals surface area (Å²) < 4.78 is 0. The number of hydrogen-bond acceptors (Lipinski definition) is 2. The average molecular weight is 196 g/mol. The summed E-state index contributed by atoms with van der Waals surface area (Å²) in [6.45, 7) is 6.00. The van der Waals surface area contributed by atoms with Gasteiger partial charge in [0.2, 0.25) is 0 Å². The highest BCUT2D eigenvalue weighted by molar-refractivity contribution is 6.04. The molecule has 3 nitrogen and oxygen atoms in total. The van der Waals surface area contributed by atoms with Gasteiger partial charge in [-0.2, -0.15) is 0 Å². The van der Waals surface area contributed by atoms with Gasteiger partial charge in [0.15, 0.2) is 5.78 Å². The second-order valence-corrected chi connectivity index (χ2v) is 5.38. The molecule has 0 aliphatic heterocycles. The van der Waals surface area contributed by atoms with Crippen LogP contribution < -0.4 is 0 Å². The molecule has 0 amide bonds. The lowest BCUT2D eigenvalue weighted by Gasteiger charge is -2.32. The smallest absolute Gasteiger partial charge is 0.314 e. The van der Waals surface area contributed by atoms with Crippen molar-refractivity contribution in [3.63, 3.8) is 0 Å². The molecule has 0 saturated heterocycles. The molecule has 2 rings (SSSR count). The van der Waals surface area contributed by atoms with E-state index >= 15 is 0 Å². The molecule has 0 aromatic rings. The SMILES string of the molecule is CC1(C)[C@H]2CC[C@@]1(C)C(=O)[C@@H]2C(=O)O. The van der Waals surface area contributed by atoms with Crippen LogP contribution in [0.1, 0.15) is 33.6 Å². The maximum atomic E-state index is 12.0. The maximum Gasteiger partial charge on any atom is 0.314 e. The molecule has 0 aromatic heterocycles. The van der Waals surface area contributed by atoms with Crippen LogP contribution in [0.4, 0.5) is 0 Å². The van der Waals surface area contributed by atoms with Gasteiger partial charge in [-0.1, -0.05) is 20.8 Å². The quantitative estimate of drug-likeness (QED) is 0.649. The van der Waals surface area contributed by atoms with E-state index in [1.807, 2.05) is 20.8 Å². The lowest BCUT2D eigenvalue weighted by atomic mass is 9.70. The van der Waals surface area contributed by atoms with E-state index in [4.69, 9.17) is 5.11 Å². The minimum absolute atomic E-state index is 0.0394. The van der Waals surface area contributed by atoms with Gasteiger partial charge in [-0.15, -0.1) is 0 Å². The van der Waals surface area contributed by atoms with Crippen LogP contribution in [0.5, 0.6) is 0 Å². The highest BCUT2D eigenvalue weighted by Crippen LogP contribution is 2.65. The highest BCUT2D eigenvalue weighted by atomic mass is 16.4. The molecule has 3 heteroatoms. The molecule has 2 aliphatic rings. The van der Waals surface area contributed by atoms with Gasteiger partial charge in [0.25, 0.3) is 0 Å². The molecule has 0 radical (unpaired) electrons. The first kappa shape index (κ1) is 9.69. The fraction of sp³-hybridized carbons (Fsp3) is 0.818. The van der Waals surface area contributed by atoms with Gasteiger partial charge in [-0.05, 0) is 24.2 Å². The van der Waals surface area contributed by atoms with E-state index < -0.39 is 17.3 Å². The number of carbonyl (C=O) groups is 2. The van der Waals surface area contributed by atoms with E-state index in [0.717, 1.165) is 12.8 Å². The van der Waals surface area contributed by atoms with E-state index in [1.54, 1.807) is 0 Å². The number of rotatable bonds is 1. The van der Waals surface area contributed by atoms with E-state index in [-0.39, 0.29) is 17.1 Å². The Morgan fingerprint density at radius 3 is 2.29 bits per heavy atom. The normalized spacial score (nSPS) is 44.4. The fourth-order valence-corrected chi connectivity index (χ4v) is 3.37. The Labute approximate surface area is 83.5 Å². The Kier molecular flexibility index (Phi) is 1.65. The molecule has 2 bridgehead atoms. The number of fused-ring (bicyclic) bond motifs is 2. The predicted octanol–water partition coefficient (Wildman–Crippen LogP) is 1.71. The number of carbonyl (C=O) groups excluding carboxylic acids is 1. The summed E-state index contributed by atoms with van der Waals surface area (Å²) in [7, 11) is 0. The lowest BCUT2D eigenvalue weighted by molar-refractivity contribution is -0.149. The molecule has 0 aromatic carbocycles. The van der Waals surface area contributed by atoms with Crippen LogP contribution in [0.15, 0.2) is 0 Å². The molecule has 2 fully saturated rings. The summed E-state index contributed by atoms with van der Waals surface area (Å²) in [5, 5.41) is 9.03. The molecule has 0 heterocycles. The van der Waals surface area contributed by atoms with Crippen molar-refractivity contribution >= 4 is 11.8 Å². The Bertz CT molecular complexity index is 318. The van der Waals surface area contributed by atoms with Crippen molar-refractivity contribution in [2.45, 2.75) is 33.6 Å². The molecule has 14 heavy (non-hydrogen) atoms. The van der Waals surface area contributed by atoms with Gasteiger partial charge in [0.1, 0.15) is 5.92 Å². The molecule has 2 aliphatic carbocycles.